The largest absolute Gasteiger partial charge is 0.388 e. The molecule has 176 valence electrons. The average Bonchev–Trinajstić information content (AvgIpc) is 3.51. The van der Waals surface area contributed by atoms with Crippen LogP contribution in [-0.4, -0.2) is 56.9 Å². The standard InChI is InChI=1S/C24H23F2N5O3/c1-34-14-22(32)21(13-31-11-3-10-27-31)28-24(33)17-4-2-5-18(26)23(17)20-12-19(29-30-20)15-6-8-16(25)9-7-15/h2-12,21-22,32H,13-14H2,1H3,(H,28,33)(H,29,30)/t21-,22+/m1/s1. The summed E-state index contributed by atoms with van der Waals surface area (Å²) in [7, 11) is 1.44. The fourth-order valence-corrected chi connectivity index (χ4v) is 3.61. The van der Waals surface area contributed by atoms with E-state index in [4.69, 9.17) is 4.74 Å². The molecule has 0 radical (unpaired) electrons. The molecule has 8 nitrogen and oxygen atoms in total. The van der Waals surface area contributed by atoms with Crippen LogP contribution in [0.25, 0.3) is 22.5 Å². The lowest BCUT2D eigenvalue weighted by atomic mass is 10.0. The first kappa shape index (κ1) is 23.3. The summed E-state index contributed by atoms with van der Waals surface area (Å²) in [5.41, 5.74) is 1.47. The van der Waals surface area contributed by atoms with Gasteiger partial charge in [0.1, 0.15) is 11.6 Å². The Balaban J connectivity index is 1.63. The van der Waals surface area contributed by atoms with Crippen molar-refractivity contribution in [1.82, 2.24) is 25.3 Å². The van der Waals surface area contributed by atoms with Crippen LogP contribution >= 0.6 is 0 Å². The number of rotatable bonds is 9. The first-order chi connectivity index (χ1) is 16.5. The molecule has 2 heterocycles. The van der Waals surface area contributed by atoms with Gasteiger partial charge in [0.2, 0.25) is 0 Å². The van der Waals surface area contributed by atoms with E-state index in [9.17, 15) is 18.7 Å². The number of hydrogen-bond acceptors (Lipinski definition) is 5. The molecule has 4 aromatic rings. The van der Waals surface area contributed by atoms with E-state index in [1.54, 1.807) is 41.3 Å². The van der Waals surface area contributed by atoms with Crippen molar-refractivity contribution in [2.75, 3.05) is 13.7 Å². The van der Waals surface area contributed by atoms with Gasteiger partial charge in [-0.1, -0.05) is 6.07 Å². The molecule has 0 spiro atoms. The fourth-order valence-electron chi connectivity index (χ4n) is 3.61. The Bertz CT molecular complexity index is 1240. The van der Waals surface area contributed by atoms with Crippen LogP contribution in [0.3, 0.4) is 0 Å². The number of halogens is 2. The Kier molecular flexibility index (Phi) is 7.09. The summed E-state index contributed by atoms with van der Waals surface area (Å²) < 4.78 is 34.8. The topological polar surface area (TPSA) is 105 Å². The summed E-state index contributed by atoms with van der Waals surface area (Å²) in [6.45, 7) is 0.177. The SMILES string of the molecule is COC[C@H](O)[C@@H](Cn1cccn1)NC(=O)c1cccc(F)c1-c1cc(-c2ccc(F)cc2)n[nH]1. The van der Waals surface area contributed by atoms with Crippen molar-refractivity contribution >= 4 is 5.91 Å². The highest BCUT2D eigenvalue weighted by molar-refractivity contribution is 6.01. The number of H-pyrrole nitrogens is 1. The van der Waals surface area contributed by atoms with Crippen LogP contribution in [0.5, 0.6) is 0 Å². The van der Waals surface area contributed by atoms with Crippen molar-refractivity contribution in [3.63, 3.8) is 0 Å². The molecule has 3 N–H and O–H groups in total. The molecular weight excluding hydrogens is 444 g/mol. The number of benzene rings is 2. The predicted molar refractivity (Wildman–Crippen MR) is 121 cm³/mol. The number of amides is 1. The number of aliphatic hydroxyl groups is 1. The van der Waals surface area contributed by atoms with Gasteiger partial charge < -0.3 is 15.2 Å². The van der Waals surface area contributed by atoms with Crippen LogP contribution < -0.4 is 5.32 Å². The number of aromatic nitrogens is 4. The van der Waals surface area contributed by atoms with Crippen LogP contribution in [0.4, 0.5) is 8.78 Å². The van der Waals surface area contributed by atoms with Crippen LogP contribution in [0.2, 0.25) is 0 Å². The Labute approximate surface area is 194 Å². The van der Waals surface area contributed by atoms with E-state index in [0.717, 1.165) is 0 Å². The first-order valence-electron chi connectivity index (χ1n) is 10.5. The number of methoxy groups -OCH3 is 1. The van der Waals surface area contributed by atoms with Crippen LogP contribution in [0.15, 0.2) is 67.0 Å². The number of carbonyl (C=O) groups is 1. The Morgan fingerprint density at radius 2 is 2.00 bits per heavy atom. The Hall–Kier alpha value is -3.89. The molecule has 0 bridgehead atoms. The molecule has 1 amide bonds. The van der Waals surface area contributed by atoms with Crippen molar-refractivity contribution in [2.24, 2.45) is 0 Å². The number of aliphatic hydroxyl groups excluding tert-OH is 1. The molecule has 2 aromatic carbocycles. The van der Waals surface area contributed by atoms with Gasteiger partial charge in [-0.15, -0.1) is 0 Å². The minimum Gasteiger partial charge on any atom is -0.388 e. The molecule has 0 saturated heterocycles. The highest BCUT2D eigenvalue weighted by Gasteiger charge is 2.25. The zero-order valence-electron chi connectivity index (χ0n) is 18.3. The maximum Gasteiger partial charge on any atom is 0.252 e. The number of aromatic amines is 1. The summed E-state index contributed by atoms with van der Waals surface area (Å²) in [6.07, 6.45) is 2.27. The van der Waals surface area contributed by atoms with Crippen LogP contribution in [0.1, 0.15) is 10.4 Å². The predicted octanol–water partition coefficient (Wildman–Crippen LogP) is 3.02. The lowest BCUT2D eigenvalue weighted by molar-refractivity contribution is 0.0322. The highest BCUT2D eigenvalue weighted by atomic mass is 19.1. The fraction of sp³-hybridized carbons (Fsp3) is 0.208. The summed E-state index contributed by atoms with van der Waals surface area (Å²) in [5, 5.41) is 24.3. The van der Waals surface area contributed by atoms with E-state index >= 15 is 0 Å². The zero-order valence-corrected chi connectivity index (χ0v) is 18.3. The van der Waals surface area contributed by atoms with E-state index in [2.05, 4.69) is 20.6 Å². The van der Waals surface area contributed by atoms with E-state index < -0.39 is 23.9 Å². The lowest BCUT2D eigenvalue weighted by Crippen LogP contribution is -2.48. The minimum absolute atomic E-state index is 0.0101. The molecule has 10 heteroatoms. The van der Waals surface area contributed by atoms with E-state index in [1.807, 2.05) is 0 Å². The molecule has 0 fully saturated rings. The quantitative estimate of drug-likeness (QED) is 0.351. The van der Waals surface area contributed by atoms with Crippen molar-refractivity contribution in [3.05, 3.63) is 84.2 Å². The van der Waals surface area contributed by atoms with Gasteiger partial charge in [-0.2, -0.15) is 10.2 Å². The molecule has 0 aliphatic rings. The third kappa shape index (κ3) is 5.19. The third-order valence-corrected chi connectivity index (χ3v) is 5.31. The first-order valence-corrected chi connectivity index (χ1v) is 10.5. The van der Waals surface area contributed by atoms with Gasteiger partial charge in [-0.05, 0) is 48.5 Å². The molecule has 34 heavy (non-hydrogen) atoms. The van der Waals surface area contributed by atoms with Crippen LogP contribution in [0, 0.1) is 11.6 Å². The number of hydrogen-bond donors (Lipinski definition) is 3. The maximum absolute atomic E-state index is 14.9. The minimum atomic E-state index is -1.02. The van der Waals surface area contributed by atoms with Gasteiger partial charge in [-0.25, -0.2) is 8.78 Å². The zero-order chi connectivity index (χ0) is 24.1. The molecule has 2 atom stereocenters. The molecule has 0 aliphatic heterocycles. The molecular formula is C24H23F2N5O3. The van der Waals surface area contributed by atoms with E-state index in [-0.39, 0.29) is 35.8 Å². The normalized spacial score (nSPS) is 12.9. The second kappa shape index (κ2) is 10.4. The highest BCUT2D eigenvalue weighted by Crippen LogP contribution is 2.29. The number of nitrogens with one attached hydrogen (secondary N) is 2. The molecule has 0 saturated carbocycles. The van der Waals surface area contributed by atoms with Gasteiger partial charge in [0, 0.05) is 30.6 Å². The molecule has 0 aliphatic carbocycles. The summed E-state index contributed by atoms with van der Waals surface area (Å²) in [5.74, 6) is -1.59. The third-order valence-electron chi connectivity index (χ3n) is 5.31. The van der Waals surface area contributed by atoms with Crippen molar-refractivity contribution < 1.29 is 23.4 Å². The second-order valence-corrected chi connectivity index (χ2v) is 7.67. The maximum atomic E-state index is 14.9. The average molecular weight is 467 g/mol. The summed E-state index contributed by atoms with van der Waals surface area (Å²) in [4.78, 5) is 13.2. The molecule has 0 unspecified atom stereocenters. The smallest absolute Gasteiger partial charge is 0.252 e. The monoisotopic (exact) mass is 467 g/mol. The van der Waals surface area contributed by atoms with E-state index in [1.165, 1.54) is 37.4 Å². The van der Waals surface area contributed by atoms with Crippen molar-refractivity contribution in [2.45, 2.75) is 18.7 Å². The van der Waals surface area contributed by atoms with Gasteiger partial charge >= 0.3 is 0 Å². The van der Waals surface area contributed by atoms with Gasteiger partial charge in [-0.3, -0.25) is 14.6 Å². The number of ether oxygens (including phenoxy) is 1. The summed E-state index contributed by atoms with van der Waals surface area (Å²) in [6, 6.07) is 12.4. The Morgan fingerprint density at radius 3 is 2.71 bits per heavy atom. The number of carbonyl (C=O) groups excluding carboxylic acids is 1. The molecule has 4 rings (SSSR count). The van der Waals surface area contributed by atoms with E-state index in [0.29, 0.717) is 11.3 Å². The molecule has 2 aromatic heterocycles. The number of nitrogens with zero attached hydrogens (tertiary/aromatic N) is 3. The summed E-state index contributed by atoms with van der Waals surface area (Å²) >= 11 is 0. The van der Waals surface area contributed by atoms with Crippen molar-refractivity contribution in [3.8, 4) is 22.5 Å². The second-order valence-electron chi connectivity index (χ2n) is 7.67. The van der Waals surface area contributed by atoms with Gasteiger partial charge in [0.05, 0.1) is 42.2 Å². The van der Waals surface area contributed by atoms with Gasteiger partial charge in [0.25, 0.3) is 5.91 Å². The van der Waals surface area contributed by atoms with Crippen molar-refractivity contribution in [1.29, 1.82) is 0 Å². The van der Waals surface area contributed by atoms with Crippen LogP contribution in [-0.2, 0) is 11.3 Å². The van der Waals surface area contributed by atoms with Gasteiger partial charge in [0.15, 0.2) is 0 Å². The lowest BCUT2D eigenvalue weighted by Gasteiger charge is -2.24. The Morgan fingerprint density at radius 1 is 1.21 bits per heavy atom.